The number of carbonyl (C=O) groups is 1. The molecule has 0 aliphatic carbocycles. The molecule has 3 rings (SSSR count). The summed E-state index contributed by atoms with van der Waals surface area (Å²) in [7, 11) is 1.61. The molecule has 1 heterocycles. The number of urea groups is 1. The molecule has 1 atom stereocenters. The first kappa shape index (κ1) is 24.0. The van der Waals surface area contributed by atoms with Crippen LogP contribution in [-0.2, 0) is 11.3 Å². The Hall–Kier alpha value is -2.61. The van der Waals surface area contributed by atoms with E-state index in [1.165, 1.54) is 0 Å². The Morgan fingerprint density at radius 3 is 2.69 bits per heavy atom. The summed E-state index contributed by atoms with van der Waals surface area (Å²) in [6.07, 6.45) is 0.613. The number of ether oxygens (including phenoxy) is 1. The fourth-order valence-electron chi connectivity index (χ4n) is 3.59. The van der Waals surface area contributed by atoms with Crippen LogP contribution in [0, 0.1) is 0 Å². The van der Waals surface area contributed by atoms with Crippen LogP contribution in [0.4, 0.5) is 10.5 Å². The fourth-order valence-corrected chi connectivity index (χ4v) is 3.93. The molecular formula is C23H26Cl2N4O3. The lowest BCUT2D eigenvalue weighted by molar-refractivity contribution is 0.158. The zero-order valence-corrected chi connectivity index (χ0v) is 19.8. The number of rotatable bonds is 8. The van der Waals surface area contributed by atoms with Crippen molar-refractivity contribution in [1.82, 2.24) is 14.5 Å². The highest BCUT2D eigenvalue weighted by Gasteiger charge is 2.26. The van der Waals surface area contributed by atoms with Crippen molar-refractivity contribution in [2.45, 2.75) is 32.9 Å². The van der Waals surface area contributed by atoms with Crippen molar-refractivity contribution in [2.75, 3.05) is 25.6 Å². The van der Waals surface area contributed by atoms with Crippen LogP contribution in [0.2, 0.25) is 10.0 Å². The second-order valence-corrected chi connectivity index (χ2v) is 8.07. The second-order valence-electron chi connectivity index (χ2n) is 7.28. The number of anilines is 1. The second kappa shape index (κ2) is 10.8. The molecule has 0 saturated heterocycles. The van der Waals surface area contributed by atoms with Crippen molar-refractivity contribution in [3.63, 3.8) is 0 Å². The number of hydrogen-bond donors (Lipinski definition) is 1. The number of para-hydroxylation sites is 1. The molecule has 170 valence electrons. The minimum Gasteiger partial charge on any atom is -0.385 e. The summed E-state index contributed by atoms with van der Waals surface area (Å²) in [5, 5.41) is 3.99. The monoisotopic (exact) mass is 476 g/mol. The van der Waals surface area contributed by atoms with Crippen molar-refractivity contribution >= 4 is 45.8 Å². The molecule has 1 aromatic heterocycles. The molecule has 9 heteroatoms. The maximum absolute atomic E-state index is 13.3. The highest BCUT2D eigenvalue weighted by atomic mass is 35.5. The Labute approximate surface area is 196 Å². The lowest BCUT2D eigenvalue weighted by Gasteiger charge is -2.30. The molecule has 2 amide bonds. The summed E-state index contributed by atoms with van der Waals surface area (Å²) in [6.45, 7) is 5.05. The van der Waals surface area contributed by atoms with E-state index < -0.39 is 6.04 Å². The molecule has 0 saturated carbocycles. The van der Waals surface area contributed by atoms with E-state index in [2.05, 4.69) is 5.32 Å². The quantitative estimate of drug-likeness (QED) is 0.444. The van der Waals surface area contributed by atoms with Crippen LogP contribution in [0.3, 0.4) is 0 Å². The third-order valence-corrected chi connectivity index (χ3v) is 6.07. The van der Waals surface area contributed by atoms with E-state index in [9.17, 15) is 9.59 Å². The van der Waals surface area contributed by atoms with Gasteiger partial charge in [0, 0.05) is 26.8 Å². The first-order valence-electron chi connectivity index (χ1n) is 10.4. The first-order valence-corrected chi connectivity index (χ1v) is 11.1. The number of fused-ring (bicyclic) bond motifs is 1. The van der Waals surface area contributed by atoms with Crippen molar-refractivity contribution in [3.05, 3.63) is 68.7 Å². The molecule has 0 aliphatic heterocycles. The Bertz CT molecular complexity index is 1170. The van der Waals surface area contributed by atoms with Gasteiger partial charge < -0.3 is 15.0 Å². The van der Waals surface area contributed by atoms with Gasteiger partial charge in [-0.15, -0.1) is 0 Å². The number of nitrogens with one attached hydrogen (secondary N) is 1. The van der Waals surface area contributed by atoms with E-state index in [4.69, 9.17) is 32.9 Å². The summed E-state index contributed by atoms with van der Waals surface area (Å²) < 4.78 is 6.77. The minimum absolute atomic E-state index is 0.130. The molecule has 0 bridgehead atoms. The van der Waals surface area contributed by atoms with Crippen molar-refractivity contribution in [3.8, 4) is 0 Å². The average Bonchev–Trinajstić information content (AvgIpc) is 2.79. The fraction of sp³-hybridized carbons (Fsp3) is 0.348. The van der Waals surface area contributed by atoms with Crippen LogP contribution in [0.25, 0.3) is 10.9 Å². The number of aromatic nitrogens is 2. The average molecular weight is 477 g/mol. The van der Waals surface area contributed by atoms with Gasteiger partial charge in [-0.05, 0) is 44.5 Å². The van der Waals surface area contributed by atoms with Crippen molar-refractivity contribution in [1.29, 1.82) is 0 Å². The van der Waals surface area contributed by atoms with E-state index in [0.717, 1.165) is 0 Å². The Kier molecular flexibility index (Phi) is 8.12. The van der Waals surface area contributed by atoms with E-state index in [0.29, 0.717) is 53.6 Å². The van der Waals surface area contributed by atoms with E-state index in [-0.39, 0.29) is 16.6 Å². The van der Waals surface area contributed by atoms with E-state index in [1.807, 2.05) is 26.0 Å². The number of methoxy groups -OCH3 is 1. The van der Waals surface area contributed by atoms with Crippen LogP contribution in [0.15, 0.2) is 47.3 Å². The molecule has 0 fully saturated rings. The minimum atomic E-state index is -0.484. The van der Waals surface area contributed by atoms with Gasteiger partial charge in [0.15, 0.2) is 0 Å². The van der Waals surface area contributed by atoms with Crippen molar-refractivity contribution in [2.24, 2.45) is 0 Å². The van der Waals surface area contributed by atoms with E-state index in [1.54, 1.807) is 46.9 Å². The zero-order valence-electron chi connectivity index (χ0n) is 18.3. The van der Waals surface area contributed by atoms with Gasteiger partial charge in [-0.3, -0.25) is 9.36 Å². The molecule has 7 nitrogen and oxygen atoms in total. The largest absolute Gasteiger partial charge is 0.385 e. The number of carbonyl (C=O) groups excluding carboxylic acids is 1. The molecule has 32 heavy (non-hydrogen) atoms. The standard InChI is InChI=1S/C23H26Cl2N4O3/c1-4-28-21(26-18-11-6-5-9-16(18)22(28)30)15(2)29(13-8-14-32-3)23(31)27-19-12-7-10-17(24)20(19)25/h5-7,9-12,15H,4,8,13-14H2,1-3H3,(H,27,31). The highest BCUT2D eigenvalue weighted by Crippen LogP contribution is 2.30. The number of nitrogens with zero attached hydrogens (tertiary/aromatic N) is 3. The summed E-state index contributed by atoms with van der Waals surface area (Å²) >= 11 is 12.3. The van der Waals surface area contributed by atoms with Crippen LogP contribution in [0.1, 0.15) is 32.1 Å². The van der Waals surface area contributed by atoms with Gasteiger partial charge in [0.2, 0.25) is 0 Å². The van der Waals surface area contributed by atoms with Crippen LogP contribution >= 0.6 is 23.2 Å². The molecule has 0 radical (unpaired) electrons. The Morgan fingerprint density at radius 1 is 1.22 bits per heavy atom. The molecule has 1 N–H and O–H groups in total. The lowest BCUT2D eigenvalue weighted by Crippen LogP contribution is -2.41. The Balaban J connectivity index is 2.00. The molecular weight excluding hydrogens is 451 g/mol. The predicted molar refractivity (Wildman–Crippen MR) is 129 cm³/mol. The highest BCUT2D eigenvalue weighted by molar-refractivity contribution is 6.43. The molecule has 3 aromatic rings. The zero-order chi connectivity index (χ0) is 23.3. The number of benzene rings is 2. The maximum Gasteiger partial charge on any atom is 0.322 e. The number of amides is 2. The van der Waals surface area contributed by atoms with Gasteiger partial charge in [-0.25, -0.2) is 9.78 Å². The maximum atomic E-state index is 13.3. The van der Waals surface area contributed by atoms with Crippen molar-refractivity contribution < 1.29 is 9.53 Å². The summed E-state index contributed by atoms with van der Waals surface area (Å²) in [4.78, 5) is 32.7. The van der Waals surface area contributed by atoms with E-state index >= 15 is 0 Å². The van der Waals surface area contributed by atoms with Gasteiger partial charge in [0.1, 0.15) is 5.82 Å². The van der Waals surface area contributed by atoms with Gasteiger partial charge in [0.25, 0.3) is 5.56 Å². The van der Waals surface area contributed by atoms with Gasteiger partial charge >= 0.3 is 6.03 Å². The van der Waals surface area contributed by atoms with Gasteiger partial charge in [-0.2, -0.15) is 0 Å². The van der Waals surface area contributed by atoms with Crippen LogP contribution in [-0.4, -0.2) is 40.7 Å². The summed E-state index contributed by atoms with van der Waals surface area (Å²) in [6, 6.07) is 11.4. The topological polar surface area (TPSA) is 76.5 Å². The molecule has 2 aromatic carbocycles. The molecule has 0 aliphatic rings. The first-order chi connectivity index (χ1) is 15.4. The summed E-state index contributed by atoms with van der Waals surface area (Å²) in [5.74, 6) is 0.515. The van der Waals surface area contributed by atoms with Crippen LogP contribution in [0.5, 0.6) is 0 Å². The molecule has 0 spiro atoms. The predicted octanol–water partition coefficient (Wildman–Crippen LogP) is 5.35. The van der Waals surface area contributed by atoms with Crippen LogP contribution < -0.4 is 10.9 Å². The summed E-state index contributed by atoms with van der Waals surface area (Å²) in [5.41, 5.74) is 0.877. The normalized spacial score (nSPS) is 12.0. The van der Waals surface area contributed by atoms with Gasteiger partial charge in [-0.1, -0.05) is 41.4 Å². The third-order valence-electron chi connectivity index (χ3n) is 5.25. The lowest BCUT2D eigenvalue weighted by atomic mass is 10.2. The Morgan fingerprint density at radius 2 is 1.97 bits per heavy atom. The number of halogens is 2. The third kappa shape index (κ3) is 5.06. The van der Waals surface area contributed by atoms with Gasteiger partial charge in [0.05, 0.1) is 32.7 Å². The SMILES string of the molecule is CCn1c(C(C)N(CCCOC)C(=O)Nc2cccc(Cl)c2Cl)nc2ccccc2c1=O. The smallest absolute Gasteiger partial charge is 0.322 e. The molecule has 1 unspecified atom stereocenters. The number of hydrogen-bond acceptors (Lipinski definition) is 4.